The van der Waals surface area contributed by atoms with Crippen molar-refractivity contribution in [2.45, 2.75) is 65.0 Å². The minimum atomic E-state index is -0.588. The molecule has 3 N–H and O–H groups in total. The number of likely N-dealkylation sites (N-methyl/N-ethyl adjacent to an activating group) is 1. The zero-order valence-corrected chi connectivity index (χ0v) is 13.0. The minimum absolute atomic E-state index is 0.246. The van der Waals surface area contributed by atoms with Crippen molar-refractivity contribution >= 4 is 5.91 Å². The van der Waals surface area contributed by atoms with Crippen LogP contribution >= 0.6 is 0 Å². The summed E-state index contributed by atoms with van der Waals surface area (Å²) in [5.41, 5.74) is 4.97. The first-order valence-electron chi connectivity index (χ1n) is 7.72. The number of likely N-dealkylation sites (tertiary alicyclic amines) is 1. The van der Waals surface area contributed by atoms with Crippen molar-refractivity contribution in [3.63, 3.8) is 0 Å². The quantitative estimate of drug-likeness (QED) is 0.740. The molecule has 2 unspecified atom stereocenters. The van der Waals surface area contributed by atoms with Crippen LogP contribution < -0.4 is 11.1 Å². The molecule has 0 radical (unpaired) electrons. The number of nitrogens with zero attached hydrogens (tertiary/aromatic N) is 1. The summed E-state index contributed by atoms with van der Waals surface area (Å²) in [6.45, 7) is 11.5. The SMILES string of the molecule is CCNC(C)(CC(C)N1CCC(CC)CC1)C(N)=O. The molecule has 19 heavy (non-hydrogen) atoms. The summed E-state index contributed by atoms with van der Waals surface area (Å²) in [6.07, 6.45) is 4.65. The van der Waals surface area contributed by atoms with Gasteiger partial charge in [0.05, 0.1) is 5.54 Å². The highest BCUT2D eigenvalue weighted by molar-refractivity contribution is 5.84. The van der Waals surface area contributed by atoms with E-state index in [0.29, 0.717) is 6.04 Å². The Bertz CT molecular complexity index is 287. The van der Waals surface area contributed by atoms with E-state index in [0.717, 1.165) is 32.0 Å². The molecule has 4 nitrogen and oxygen atoms in total. The Morgan fingerprint density at radius 2 is 2.00 bits per heavy atom. The molecule has 0 saturated carbocycles. The molecule has 0 aliphatic carbocycles. The Morgan fingerprint density at radius 3 is 2.42 bits per heavy atom. The standard InChI is InChI=1S/C15H31N3O/c1-5-13-7-9-18(10-8-13)12(3)11-15(4,14(16)19)17-6-2/h12-13,17H,5-11H2,1-4H3,(H2,16,19). The van der Waals surface area contributed by atoms with Crippen molar-refractivity contribution in [2.75, 3.05) is 19.6 Å². The molecule has 0 spiro atoms. The van der Waals surface area contributed by atoms with E-state index >= 15 is 0 Å². The Hall–Kier alpha value is -0.610. The van der Waals surface area contributed by atoms with Crippen LogP contribution in [0, 0.1) is 5.92 Å². The molecule has 1 amide bonds. The number of amides is 1. The monoisotopic (exact) mass is 269 g/mol. The van der Waals surface area contributed by atoms with Crippen LogP contribution in [-0.2, 0) is 4.79 Å². The number of rotatable bonds is 7. The summed E-state index contributed by atoms with van der Waals surface area (Å²) in [7, 11) is 0. The smallest absolute Gasteiger partial charge is 0.237 e. The molecule has 1 fully saturated rings. The molecule has 0 aromatic rings. The van der Waals surface area contributed by atoms with Crippen LogP contribution in [0.3, 0.4) is 0 Å². The number of hydrogen-bond acceptors (Lipinski definition) is 3. The average Bonchev–Trinajstić information content (AvgIpc) is 2.38. The summed E-state index contributed by atoms with van der Waals surface area (Å²) < 4.78 is 0. The molecular formula is C15H31N3O. The summed E-state index contributed by atoms with van der Waals surface area (Å²) >= 11 is 0. The van der Waals surface area contributed by atoms with Crippen LogP contribution in [0.5, 0.6) is 0 Å². The predicted octanol–water partition coefficient (Wildman–Crippen LogP) is 1.74. The summed E-state index contributed by atoms with van der Waals surface area (Å²) in [5.74, 6) is 0.643. The van der Waals surface area contributed by atoms with E-state index in [1.807, 2.05) is 13.8 Å². The maximum Gasteiger partial charge on any atom is 0.237 e. The van der Waals surface area contributed by atoms with Gasteiger partial charge in [0.1, 0.15) is 0 Å². The molecule has 2 atom stereocenters. The molecule has 0 bridgehead atoms. The molecule has 1 rings (SSSR count). The van der Waals surface area contributed by atoms with Gasteiger partial charge in [-0.3, -0.25) is 4.79 Å². The lowest BCUT2D eigenvalue weighted by molar-refractivity contribution is -0.124. The van der Waals surface area contributed by atoms with Gasteiger partial charge in [-0.2, -0.15) is 0 Å². The Labute approximate surface area is 118 Å². The summed E-state index contributed by atoms with van der Waals surface area (Å²) in [6, 6.07) is 0.398. The topological polar surface area (TPSA) is 58.4 Å². The van der Waals surface area contributed by atoms with Crippen molar-refractivity contribution in [1.82, 2.24) is 10.2 Å². The third-order valence-electron chi connectivity index (χ3n) is 4.66. The zero-order valence-electron chi connectivity index (χ0n) is 13.0. The number of nitrogens with two attached hydrogens (primary N) is 1. The van der Waals surface area contributed by atoms with Gasteiger partial charge in [-0.1, -0.05) is 20.3 Å². The molecule has 1 aliphatic rings. The molecule has 0 aromatic carbocycles. The highest BCUT2D eigenvalue weighted by Gasteiger charge is 2.34. The predicted molar refractivity (Wildman–Crippen MR) is 79.9 cm³/mol. The van der Waals surface area contributed by atoms with E-state index in [4.69, 9.17) is 5.73 Å². The highest BCUT2D eigenvalue weighted by atomic mass is 16.1. The zero-order chi connectivity index (χ0) is 14.5. The second-order valence-corrected chi connectivity index (χ2v) is 6.17. The molecular weight excluding hydrogens is 238 g/mol. The van der Waals surface area contributed by atoms with Crippen LogP contribution in [-0.4, -0.2) is 42.0 Å². The van der Waals surface area contributed by atoms with Gasteiger partial charge in [0, 0.05) is 6.04 Å². The summed E-state index contributed by atoms with van der Waals surface area (Å²) in [4.78, 5) is 14.2. The van der Waals surface area contributed by atoms with E-state index in [2.05, 4.69) is 24.1 Å². The van der Waals surface area contributed by atoms with Crippen LogP contribution in [0.25, 0.3) is 0 Å². The van der Waals surface area contributed by atoms with Gasteiger partial charge in [-0.15, -0.1) is 0 Å². The van der Waals surface area contributed by atoms with Crippen LogP contribution in [0.2, 0.25) is 0 Å². The lowest BCUT2D eigenvalue weighted by atomic mass is 9.89. The molecule has 1 heterocycles. The molecule has 1 aliphatic heterocycles. The van der Waals surface area contributed by atoms with Crippen molar-refractivity contribution in [2.24, 2.45) is 11.7 Å². The third kappa shape index (κ3) is 4.46. The van der Waals surface area contributed by atoms with Gasteiger partial charge in [0.25, 0.3) is 0 Å². The van der Waals surface area contributed by atoms with Crippen LogP contribution in [0.15, 0.2) is 0 Å². The Morgan fingerprint density at radius 1 is 1.42 bits per heavy atom. The fourth-order valence-electron chi connectivity index (χ4n) is 3.17. The lowest BCUT2D eigenvalue weighted by Gasteiger charge is -2.39. The van der Waals surface area contributed by atoms with Gasteiger partial charge in [0.15, 0.2) is 0 Å². The van der Waals surface area contributed by atoms with Gasteiger partial charge in [-0.25, -0.2) is 0 Å². The largest absolute Gasteiger partial charge is 0.368 e. The third-order valence-corrected chi connectivity index (χ3v) is 4.66. The summed E-state index contributed by atoms with van der Waals surface area (Å²) in [5, 5.41) is 3.25. The van der Waals surface area contributed by atoms with Crippen molar-refractivity contribution in [1.29, 1.82) is 0 Å². The van der Waals surface area contributed by atoms with Crippen molar-refractivity contribution in [3.05, 3.63) is 0 Å². The second kappa shape index (κ2) is 7.25. The average molecular weight is 269 g/mol. The Kier molecular flexibility index (Phi) is 6.27. The second-order valence-electron chi connectivity index (χ2n) is 6.17. The number of primary amides is 1. The number of carbonyl (C=O) groups excluding carboxylic acids is 1. The number of hydrogen-bond donors (Lipinski definition) is 2. The highest BCUT2D eigenvalue weighted by Crippen LogP contribution is 2.24. The van der Waals surface area contributed by atoms with Crippen molar-refractivity contribution < 1.29 is 4.79 Å². The molecule has 0 aromatic heterocycles. The first-order valence-corrected chi connectivity index (χ1v) is 7.72. The molecule has 4 heteroatoms. The maximum atomic E-state index is 11.7. The van der Waals surface area contributed by atoms with Crippen LogP contribution in [0.1, 0.15) is 53.4 Å². The maximum absolute atomic E-state index is 11.7. The molecule has 112 valence electrons. The first-order chi connectivity index (χ1) is 8.92. The van der Waals surface area contributed by atoms with E-state index in [-0.39, 0.29) is 5.91 Å². The van der Waals surface area contributed by atoms with E-state index < -0.39 is 5.54 Å². The lowest BCUT2D eigenvalue weighted by Crippen LogP contribution is -2.56. The van der Waals surface area contributed by atoms with Crippen LogP contribution in [0.4, 0.5) is 0 Å². The fraction of sp³-hybridized carbons (Fsp3) is 0.933. The van der Waals surface area contributed by atoms with E-state index in [1.54, 1.807) is 0 Å². The number of piperidine rings is 1. The first kappa shape index (κ1) is 16.4. The fourth-order valence-corrected chi connectivity index (χ4v) is 3.17. The normalized spacial score (nSPS) is 22.9. The van der Waals surface area contributed by atoms with Gasteiger partial charge in [0.2, 0.25) is 5.91 Å². The van der Waals surface area contributed by atoms with E-state index in [1.165, 1.54) is 19.3 Å². The van der Waals surface area contributed by atoms with Gasteiger partial charge in [-0.05, 0) is 58.7 Å². The van der Waals surface area contributed by atoms with Crippen molar-refractivity contribution in [3.8, 4) is 0 Å². The Balaban J connectivity index is 2.53. The number of carbonyl (C=O) groups is 1. The van der Waals surface area contributed by atoms with E-state index in [9.17, 15) is 4.79 Å². The van der Waals surface area contributed by atoms with Gasteiger partial charge >= 0.3 is 0 Å². The minimum Gasteiger partial charge on any atom is -0.368 e. The molecule has 1 saturated heterocycles. The van der Waals surface area contributed by atoms with Gasteiger partial charge < -0.3 is 16.0 Å². The number of nitrogens with one attached hydrogen (secondary N) is 1.